The van der Waals surface area contributed by atoms with Gasteiger partial charge in [0.2, 0.25) is 5.91 Å². The highest BCUT2D eigenvalue weighted by Crippen LogP contribution is 2.40. The van der Waals surface area contributed by atoms with Crippen molar-refractivity contribution in [3.05, 3.63) is 17.5 Å². The van der Waals surface area contributed by atoms with Crippen LogP contribution >= 0.6 is 0 Å². The van der Waals surface area contributed by atoms with Crippen molar-refractivity contribution in [2.24, 2.45) is 0 Å². The van der Waals surface area contributed by atoms with Crippen molar-refractivity contribution in [2.45, 2.75) is 45.1 Å². The van der Waals surface area contributed by atoms with Gasteiger partial charge in [-0.1, -0.05) is 6.92 Å². The number of nitrogens with one attached hydrogen (secondary N) is 1. The quantitative estimate of drug-likeness (QED) is 0.849. The summed E-state index contributed by atoms with van der Waals surface area (Å²) in [5, 5.41) is 6.77. The number of halogens is 2. The molecule has 0 aliphatic heterocycles. The molecule has 18 heavy (non-hydrogen) atoms. The third kappa shape index (κ3) is 3.05. The van der Waals surface area contributed by atoms with Crippen molar-refractivity contribution in [3.63, 3.8) is 0 Å². The average Bonchev–Trinajstić information content (AvgIpc) is 3.08. The monoisotopic (exact) mass is 257 g/mol. The summed E-state index contributed by atoms with van der Waals surface area (Å²) in [6, 6.07) is 1.43. The molecule has 0 aromatic carbocycles. The fraction of sp³-hybridized carbons (Fsp3) is 0.667. The molecule has 2 rings (SSSR count). The number of carbonyl (C=O) groups is 1. The molecule has 4 nitrogen and oxygen atoms in total. The Hall–Kier alpha value is -1.46. The van der Waals surface area contributed by atoms with Crippen LogP contribution in [0.3, 0.4) is 0 Å². The highest BCUT2D eigenvalue weighted by atomic mass is 19.3. The molecule has 6 heteroatoms. The van der Waals surface area contributed by atoms with E-state index in [9.17, 15) is 13.6 Å². The molecule has 1 aromatic rings. The van der Waals surface area contributed by atoms with E-state index in [-0.39, 0.29) is 18.1 Å². The molecule has 1 amide bonds. The summed E-state index contributed by atoms with van der Waals surface area (Å²) >= 11 is 0. The van der Waals surface area contributed by atoms with Crippen LogP contribution in [0.2, 0.25) is 0 Å². The zero-order chi connectivity index (χ0) is 13.1. The second-order valence-corrected chi connectivity index (χ2v) is 4.58. The summed E-state index contributed by atoms with van der Waals surface area (Å²) in [5.41, 5.74) is 0.525. The van der Waals surface area contributed by atoms with Gasteiger partial charge in [0.15, 0.2) is 0 Å². The van der Waals surface area contributed by atoms with Crippen LogP contribution in [0.4, 0.5) is 8.78 Å². The standard InChI is InChI=1S/C12H17F2N3O/c1-2-5-15-11(18)7-17-10(12(13)14)6-9(16-17)8-3-4-8/h6,8,12H,2-5,7H2,1H3,(H,15,18). The summed E-state index contributed by atoms with van der Waals surface area (Å²) in [6.07, 6.45) is 0.229. The van der Waals surface area contributed by atoms with Gasteiger partial charge in [-0.05, 0) is 25.3 Å². The molecule has 0 unspecified atom stereocenters. The third-order valence-corrected chi connectivity index (χ3v) is 2.91. The SMILES string of the molecule is CCCNC(=O)Cn1nc(C2CC2)cc1C(F)F. The Morgan fingerprint density at radius 1 is 1.61 bits per heavy atom. The van der Waals surface area contributed by atoms with Crippen LogP contribution in [-0.4, -0.2) is 22.2 Å². The number of hydrogen-bond acceptors (Lipinski definition) is 2. The molecule has 0 bridgehead atoms. The summed E-state index contributed by atoms with van der Waals surface area (Å²) in [7, 11) is 0. The van der Waals surface area contributed by atoms with Gasteiger partial charge in [-0.15, -0.1) is 0 Å². The van der Waals surface area contributed by atoms with Gasteiger partial charge in [0.05, 0.1) is 5.69 Å². The predicted octanol–water partition coefficient (Wildman–Crippen LogP) is 2.22. The third-order valence-electron chi connectivity index (χ3n) is 2.91. The predicted molar refractivity (Wildman–Crippen MR) is 62.5 cm³/mol. The van der Waals surface area contributed by atoms with E-state index in [0.717, 1.165) is 23.9 Å². The maximum absolute atomic E-state index is 12.8. The van der Waals surface area contributed by atoms with E-state index in [2.05, 4.69) is 10.4 Å². The normalized spacial score (nSPS) is 15.1. The van der Waals surface area contributed by atoms with E-state index in [1.165, 1.54) is 6.07 Å². The number of rotatable bonds is 6. The lowest BCUT2D eigenvalue weighted by molar-refractivity contribution is -0.121. The van der Waals surface area contributed by atoms with Gasteiger partial charge >= 0.3 is 0 Å². The molecular weight excluding hydrogens is 240 g/mol. The van der Waals surface area contributed by atoms with Crippen LogP contribution < -0.4 is 5.32 Å². The summed E-state index contributed by atoms with van der Waals surface area (Å²) in [6.45, 7) is 2.36. The van der Waals surface area contributed by atoms with Crippen molar-refractivity contribution < 1.29 is 13.6 Å². The number of nitrogens with zero attached hydrogens (tertiary/aromatic N) is 2. The van der Waals surface area contributed by atoms with Crippen molar-refractivity contribution in [1.82, 2.24) is 15.1 Å². The second-order valence-electron chi connectivity index (χ2n) is 4.58. The number of hydrogen-bond donors (Lipinski definition) is 1. The number of aromatic nitrogens is 2. The molecule has 1 N–H and O–H groups in total. The van der Waals surface area contributed by atoms with E-state index < -0.39 is 6.43 Å². The molecule has 0 atom stereocenters. The summed E-state index contributed by atoms with van der Waals surface area (Å²) in [4.78, 5) is 11.5. The van der Waals surface area contributed by atoms with E-state index >= 15 is 0 Å². The first-order valence-electron chi connectivity index (χ1n) is 6.24. The molecule has 1 saturated carbocycles. The van der Waals surface area contributed by atoms with Gasteiger partial charge in [-0.3, -0.25) is 9.48 Å². The minimum Gasteiger partial charge on any atom is -0.355 e. The van der Waals surface area contributed by atoms with Crippen LogP contribution in [0, 0.1) is 0 Å². The van der Waals surface area contributed by atoms with Crippen LogP contribution in [-0.2, 0) is 11.3 Å². The van der Waals surface area contributed by atoms with Gasteiger partial charge < -0.3 is 5.32 Å². The first-order chi connectivity index (χ1) is 8.61. The van der Waals surface area contributed by atoms with E-state index in [1.807, 2.05) is 6.92 Å². The average molecular weight is 257 g/mol. The van der Waals surface area contributed by atoms with Gasteiger partial charge in [0.1, 0.15) is 12.2 Å². The zero-order valence-corrected chi connectivity index (χ0v) is 10.3. The van der Waals surface area contributed by atoms with Crippen molar-refractivity contribution in [2.75, 3.05) is 6.54 Å². The number of carbonyl (C=O) groups excluding carboxylic acids is 1. The molecule has 1 aliphatic rings. The fourth-order valence-corrected chi connectivity index (χ4v) is 1.79. The Morgan fingerprint density at radius 3 is 2.89 bits per heavy atom. The molecular formula is C12H17F2N3O. The van der Waals surface area contributed by atoms with Crippen molar-refractivity contribution in [3.8, 4) is 0 Å². The molecule has 0 radical (unpaired) electrons. The molecule has 1 fully saturated rings. The minimum atomic E-state index is -2.59. The highest BCUT2D eigenvalue weighted by molar-refractivity contribution is 5.75. The zero-order valence-electron chi connectivity index (χ0n) is 10.3. The lowest BCUT2D eigenvalue weighted by Gasteiger charge is -2.07. The second kappa shape index (κ2) is 5.46. The van der Waals surface area contributed by atoms with Crippen molar-refractivity contribution >= 4 is 5.91 Å². The molecule has 0 spiro atoms. The van der Waals surface area contributed by atoms with Crippen molar-refractivity contribution in [1.29, 1.82) is 0 Å². The topological polar surface area (TPSA) is 46.9 Å². The molecule has 100 valence electrons. The Bertz CT molecular complexity index is 427. The van der Waals surface area contributed by atoms with E-state index in [1.54, 1.807) is 0 Å². The largest absolute Gasteiger partial charge is 0.355 e. The van der Waals surface area contributed by atoms with Crippen LogP contribution in [0.1, 0.15) is 49.9 Å². The Morgan fingerprint density at radius 2 is 2.33 bits per heavy atom. The fourth-order valence-electron chi connectivity index (χ4n) is 1.79. The van der Waals surface area contributed by atoms with Gasteiger partial charge in [-0.2, -0.15) is 5.10 Å². The Labute approximate surface area is 104 Å². The smallest absolute Gasteiger partial charge is 0.280 e. The lowest BCUT2D eigenvalue weighted by atomic mass is 10.3. The number of alkyl halides is 2. The summed E-state index contributed by atoms with van der Waals surface area (Å²) in [5.74, 6) is 0.0339. The van der Waals surface area contributed by atoms with E-state index in [4.69, 9.17) is 0 Å². The first-order valence-corrected chi connectivity index (χ1v) is 6.24. The maximum Gasteiger partial charge on any atom is 0.280 e. The van der Waals surface area contributed by atoms with Crippen LogP contribution in [0.25, 0.3) is 0 Å². The van der Waals surface area contributed by atoms with Crippen LogP contribution in [0.5, 0.6) is 0 Å². The van der Waals surface area contributed by atoms with Gasteiger partial charge in [0, 0.05) is 12.5 Å². The molecule has 1 aromatic heterocycles. The first kappa shape index (κ1) is 13.0. The number of amides is 1. The lowest BCUT2D eigenvalue weighted by Crippen LogP contribution is -2.29. The van der Waals surface area contributed by atoms with Gasteiger partial charge in [-0.25, -0.2) is 8.78 Å². The molecule has 1 heterocycles. The molecule has 1 aliphatic carbocycles. The summed E-state index contributed by atoms with van der Waals surface area (Å²) < 4.78 is 26.8. The highest BCUT2D eigenvalue weighted by Gasteiger charge is 2.29. The minimum absolute atomic E-state index is 0.133. The van der Waals surface area contributed by atoms with Gasteiger partial charge in [0.25, 0.3) is 6.43 Å². The van der Waals surface area contributed by atoms with E-state index in [0.29, 0.717) is 18.2 Å². The maximum atomic E-state index is 12.8. The molecule has 0 saturated heterocycles. The Kier molecular flexibility index (Phi) is 3.93. The Balaban J connectivity index is 2.07. The van der Waals surface area contributed by atoms with Crippen LogP contribution in [0.15, 0.2) is 6.07 Å².